The minimum absolute atomic E-state index is 0.162. The summed E-state index contributed by atoms with van der Waals surface area (Å²) in [5.41, 5.74) is 0. The van der Waals surface area contributed by atoms with Crippen LogP contribution in [0.2, 0.25) is 0 Å². The first-order valence-corrected chi connectivity index (χ1v) is 6.71. The number of carbonyl (C=O) groups is 2. The normalized spacial score (nSPS) is 10.8. The first-order chi connectivity index (χ1) is 9.65. The molecule has 0 aromatic carbocycles. The number of imidazole rings is 1. The van der Waals surface area contributed by atoms with E-state index in [9.17, 15) is 9.59 Å². The fourth-order valence-corrected chi connectivity index (χ4v) is 2.35. The van der Waals surface area contributed by atoms with Gasteiger partial charge in [0.1, 0.15) is 0 Å². The van der Waals surface area contributed by atoms with Crippen LogP contribution in [0.4, 0.5) is 0 Å². The van der Waals surface area contributed by atoms with E-state index in [-0.39, 0.29) is 5.91 Å². The molecule has 7 heteroatoms. The Kier molecular flexibility index (Phi) is 4.67. The summed E-state index contributed by atoms with van der Waals surface area (Å²) in [7, 11) is 0. The number of nitrogens with zero attached hydrogens (tertiary/aromatic N) is 2. The molecule has 0 atom stereocenters. The summed E-state index contributed by atoms with van der Waals surface area (Å²) in [6.07, 6.45) is 7.71. The largest absolute Gasteiger partial charge is 0.478 e. The molecule has 0 bridgehead atoms. The van der Waals surface area contributed by atoms with Gasteiger partial charge in [0.25, 0.3) is 5.91 Å². The Balaban J connectivity index is 1.84. The van der Waals surface area contributed by atoms with Crippen molar-refractivity contribution in [1.82, 2.24) is 14.9 Å². The number of carboxylic acid groups (broad SMARTS) is 1. The number of carboxylic acids is 1. The summed E-state index contributed by atoms with van der Waals surface area (Å²) in [5.74, 6) is -1.17. The van der Waals surface area contributed by atoms with Gasteiger partial charge < -0.3 is 15.0 Å². The molecule has 6 nitrogen and oxygen atoms in total. The quantitative estimate of drug-likeness (QED) is 0.789. The van der Waals surface area contributed by atoms with Crippen molar-refractivity contribution in [2.24, 2.45) is 0 Å². The Bertz CT molecular complexity index is 617. The Morgan fingerprint density at radius 3 is 3.00 bits per heavy atom. The summed E-state index contributed by atoms with van der Waals surface area (Å²) in [4.78, 5) is 27.5. The van der Waals surface area contributed by atoms with Gasteiger partial charge in [0.05, 0.1) is 11.2 Å². The lowest BCUT2D eigenvalue weighted by atomic mass is 10.4. The number of nitrogens with one attached hydrogen (secondary N) is 1. The SMILES string of the molecule is O=C(O)C=Cc1ccc(C(=O)NCCn2ccnc2)s1. The molecule has 0 radical (unpaired) electrons. The molecule has 2 aromatic rings. The molecule has 0 aliphatic heterocycles. The zero-order valence-electron chi connectivity index (χ0n) is 10.5. The molecular weight excluding hydrogens is 278 g/mol. The number of rotatable bonds is 6. The van der Waals surface area contributed by atoms with Crippen LogP contribution in [0.3, 0.4) is 0 Å². The molecule has 0 aliphatic rings. The predicted molar refractivity (Wildman–Crippen MR) is 75.5 cm³/mol. The lowest BCUT2D eigenvalue weighted by Crippen LogP contribution is -2.26. The van der Waals surface area contributed by atoms with Crippen molar-refractivity contribution < 1.29 is 14.7 Å². The average Bonchev–Trinajstić information content (AvgIpc) is 3.07. The standard InChI is InChI=1S/C13H13N3O3S/c17-12(18)4-2-10-1-3-11(20-10)13(19)15-6-8-16-7-5-14-9-16/h1-5,7,9H,6,8H2,(H,15,19)(H,17,18). The molecule has 0 spiro atoms. The summed E-state index contributed by atoms with van der Waals surface area (Å²) in [6.45, 7) is 1.16. The fraction of sp³-hybridized carbons (Fsp3) is 0.154. The molecule has 0 aliphatic carbocycles. The van der Waals surface area contributed by atoms with Gasteiger partial charge >= 0.3 is 5.97 Å². The highest BCUT2D eigenvalue weighted by atomic mass is 32.1. The summed E-state index contributed by atoms with van der Waals surface area (Å²) in [5, 5.41) is 11.3. The zero-order chi connectivity index (χ0) is 14.4. The van der Waals surface area contributed by atoms with Crippen LogP contribution in [0.15, 0.2) is 36.9 Å². The molecule has 2 rings (SSSR count). The van der Waals surface area contributed by atoms with E-state index in [1.54, 1.807) is 24.7 Å². The van der Waals surface area contributed by atoms with Gasteiger partial charge in [-0.05, 0) is 18.2 Å². The van der Waals surface area contributed by atoms with E-state index in [0.717, 1.165) is 11.0 Å². The molecule has 1 amide bonds. The van der Waals surface area contributed by atoms with Crippen LogP contribution in [0.25, 0.3) is 6.08 Å². The number of aliphatic carboxylic acids is 1. The van der Waals surface area contributed by atoms with Crippen molar-refractivity contribution in [2.75, 3.05) is 6.54 Å². The number of thiophene rings is 1. The molecule has 0 fully saturated rings. The van der Waals surface area contributed by atoms with E-state index >= 15 is 0 Å². The molecule has 0 saturated carbocycles. The molecular formula is C13H13N3O3S. The number of carbonyl (C=O) groups excluding carboxylic acids is 1. The van der Waals surface area contributed by atoms with Crippen molar-refractivity contribution in [3.63, 3.8) is 0 Å². The first-order valence-electron chi connectivity index (χ1n) is 5.90. The minimum Gasteiger partial charge on any atom is -0.478 e. The van der Waals surface area contributed by atoms with E-state index in [0.29, 0.717) is 18.0 Å². The Hall–Kier alpha value is -2.41. The maximum atomic E-state index is 11.9. The second-order valence-corrected chi connectivity index (χ2v) is 5.05. The Labute approximate surface area is 119 Å². The van der Waals surface area contributed by atoms with Crippen molar-refractivity contribution >= 4 is 29.3 Å². The predicted octanol–water partition coefficient (Wildman–Crippen LogP) is 1.47. The lowest BCUT2D eigenvalue weighted by Gasteiger charge is -2.03. The highest BCUT2D eigenvalue weighted by Crippen LogP contribution is 2.17. The number of hydrogen-bond donors (Lipinski definition) is 2. The van der Waals surface area contributed by atoms with Crippen LogP contribution in [-0.4, -0.2) is 33.1 Å². The van der Waals surface area contributed by atoms with E-state index < -0.39 is 5.97 Å². The molecule has 104 valence electrons. The summed E-state index contributed by atoms with van der Waals surface area (Å²) < 4.78 is 1.87. The van der Waals surface area contributed by atoms with Gasteiger partial charge in [0, 0.05) is 36.4 Å². The monoisotopic (exact) mass is 291 g/mol. The van der Waals surface area contributed by atoms with E-state index in [1.165, 1.54) is 17.4 Å². The highest BCUT2D eigenvalue weighted by Gasteiger charge is 2.07. The van der Waals surface area contributed by atoms with Gasteiger partial charge in [-0.2, -0.15) is 0 Å². The highest BCUT2D eigenvalue weighted by molar-refractivity contribution is 7.14. The van der Waals surface area contributed by atoms with Crippen LogP contribution < -0.4 is 5.32 Å². The maximum absolute atomic E-state index is 11.9. The summed E-state index contributed by atoms with van der Waals surface area (Å²) >= 11 is 1.25. The average molecular weight is 291 g/mol. The second-order valence-electron chi connectivity index (χ2n) is 3.93. The topological polar surface area (TPSA) is 84.2 Å². The number of hydrogen-bond acceptors (Lipinski definition) is 4. The van der Waals surface area contributed by atoms with E-state index in [1.807, 2.05) is 10.8 Å². The smallest absolute Gasteiger partial charge is 0.328 e. The molecule has 2 aromatic heterocycles. The molecule has 2 heterocycles. The van der Waals surface area contributed by atoms with Crippen LogP contribution in [0.1, 0.15) is 14.5 Å². The van der Waals surface area contributed by atoms with Crippen LogP contribution in [0.5, 0.6) is 0 Å². The number of aromatic nitrogens is 2. The Morgan fingerprint density at radius 2 is 2.30 bits per heavy atom. The first kappa shape index (κ1) is 14.0. The van der Waals surface area contributed by atoms with Crippen molar-refractivity contribution in [3.8, 4) is 0 Å². The molecule has 2 N–H and O–H groups in total. The Morgan fingerprint density at radius 1 is 1.45 bits per heavy atom. The maximum Gasteiger partial charge on any atom is 0.328 e. The van der Waals surface area contributed by atoms with Crippen molar-refractivity contribution in [3.05, 3.63) is 46.7 Å². The number of amides is 1. The van der Waals surface area contributed by atoms with Gasteiger partial charge in [-0.25, -0.2) is 9.78 Å². The van der Waals surface area contributed by atoms with E-state index in [4.69, 9.17) is 5.11 Å². The zero-order valence-corrected chi connectivity index (χ0v) is 11.3. The molecule has 20 heavy (non-hydrogen) atoms. The van der Waals surface area contributed by atoms with E-state index in [2.05, 4.69) is 10.3 Å². The third kappa shape index (κ3) is 4.06. The van der Waals surface area contributed by atoms with Gasteiger partial charge in [0.15, 0.2) is 0 Å². The third-order valence-corrected chi connectivity index (χ3v) is 3.50. The van der Waals surface area contributed by atoms with Crippen molar-refractivity contribution in [2.45, 2.75) is 6.54 Å². The minimum atomic E-state index is -1.01. The lowest BCUT2D eigenvalue weighted by molar-refractivity contribution is -0.131. The van der Waals surface area contributed by atoms with Gasteiger partial charge in [-0.3, -0.25) is 4.79 Å². The van der Waals surface area contributed by atoms with Gasteiger partial charge in [-0.15, -0.1) is 11.3 Å². The van der Waals surface area contributed by atoms with Crippen LogP contribution >= 0.6 is 11.3 Å². The van der Waals surface area contributed by atoms with Gasteiger partial charge in [0.2, 0.25) is 0 Å². The molecule has 0 unspecified atom stereocenters. The van der Waals surface area contributed by atoms with Crippen LogP contribution in [0, 0.1) is 0 Å². The van der Waals surface area contributed by atoms with Gasteiger partial charge in [-0.1, -0.05) is 0 Å². The second kappa shape index (κ2) is 6.67. The third-order valence-electron chi connectivity index (χ3n) is 2.46. The van der Waals surface area contributed by atoms with Crippen LogP contribution in [-0.2, 0) is 11.3 Å². The summed E-state index contributed by atoms with van der Waals surface area (Å²) in [6, 6.07) is 3.40. The van der Waals surface area contributed by atoms with Crippen molar-refractivity contribution in [1.29, 1.82) is 0 Å². The molecule has 0 saturated heterocycles. The fourth-order valence-electron chi connectivity index (χ4n) is 1.52.